The molecule has 11 heteroatoms. The fraction of sp³-hybridized carbons (Fsp3) is 0.310. The summed E-state index contributed by atoms with van der Waals surface area (Å²) in [5.74, 6) is 0.152. The molecule has 5 rings (SSSR count). The van der Waals surface area contributed by atoms with Gasteiger partial charge in [-0.15, -0.1) is 0 Å². The molecule has 208 valence electrons. The van der Waals surface area contributed by atoms with Crippen LogP contribution in [0.15, 0.2) is 55.0 Å². The number of ether oxygens (including phenoxy) is 2. The average molecular weight is 544 g/mol. The number of carbonyl (C=O) groups excluding carboxylic acids is 2. The number of morpholine rings is 1. The summed E-state index contributed by atoms with van der Waals surface area (Å²) < 4.78 is 12.1. The number of hydrogen-bond acceptors (Lipinski definition) is 8. The molecule has 2 aromatic heterocycles. The van der Waals surface area contributed by atoms with Crippen molar-refractivity contribution in [2.24, 2.45) is 0 Å². The minimum atomic E-state index is -0.204. The number of nitrogens with one attached hydrogen (secondary N) is 3. The lowest BCUT2D eigenvalue weighted by atomic mass is 10.1. The van der Waals surface area contributed by atoms with Gasteiger partial charge in [-0.05, 0) is 55.3 Å². The molecule has 0 aliphatic carbocycles. The van der Waals surface area contributed by atoms with Crippen molar-refractivity contribution >= 4 is 40.2 Å². The standard InChI is InChI=1S/C29H33N7O4/c1-19-7-8-22(33-28(37)21-5-4-6-23(15-21)35-10-13-40-14-11-35)16-25(19)34-27-26-20(2)24(17-36(26)32-18-31-27)29(38)30-9-12-39-3/h4-8,15-18H,9-14H2,1-3H3,(H,30,38)(H,33,37)(H,31,32,34). The zero-order valence-electron chi connectivity index (χ0n) is 22.9. The van der Waals surface area contributed by atoms with Crippen LogP contribution in [0.3, 0.4) is 0 Å². The quantitative estimate of drug-likeness (QED) is 0.274. The molecule has 1 aliphatic heterocycles. The first-order chi connectivity index (χ1) is 19.4. The molecule has 0 spiro atoms. The third kappa shape index (κ3) is 5.90. The summed E-state index contributed by atoms with van der Waals surface area (Å²) in [5, 5.41) is 13.5. The normalized spacial score (nSPS) is 13.3. The number of amides is 2. The van der Waals surface area contributed by atoms with E-state index in [1.54, 1.807) is 17.8 Å². The lowest BCUT2D eigenvalue weighted by Gasteiger charge is -2.29. The molecule has 0 radical (unpaired) electrons. The highest BCUT2D eigenvalue weighted by Crippen LogP contribution is 2.29. The Morgan fingerprint density at radius 2 is 1.90 bits per heavy atom. The van der Waals surface area contributed by atoms with E-state index in [1.165, 1.54) is 6.33 Å². The highest BCUT2D eigenvalue weighted by Gasteiger charge is 2.19. The fourth-order valence-electron chi connectivity index (χ4n) is 4.67. The first-order valence-corrected chi connectivity index (χ1v) is 13.2. The maximum atomic E-state index is 13.1. The number of rotatable bonds is 9. The predicted octanol–water partition coefficient (Wildman–Crippen LogP) is 3.55. The van der Waals surface area contributed by atoms with Crippen molar-refractivity contribution in [1.82, 2.24) is 19.9 Å². The largest absolute Gasteiger partial charge is 0.383 e. The Hall–Kier alpha value is -4.48. The van der Waals surface area contributed by atoms with Crippen LogP contribution in [0, 0.1) is 13.8 Å². The second kappa shape index (κ2) is 12.1. The van der Waals surface area contributed by atoms with Gasteiger partial charge in [0.15, 0.2) is 5.82 Å². The molecule has 2 amide bonds. The Balaban J connectivity index is 1.35. The Kier molecular flexibility index (Phi) is 8.23. The summed E-state index contributed by atoms with van der Waals surface area (Å²) in [5.41, 5.74) is 5.91. The third-order valence-electron chi connectivity index (χ3n) is 6.90. The minimum Gasteiger partial charge on any atom is -0.383 e. The molecule has 3 N–H and O–H groups in total. The third-order valence-corrected chi connectivity index (χ3v) is 6.90. The molecular weight excluding hydrogens is 510 g/mol. The maximum Gasteiger partial charge on any atom is 0.255 e. The molecule has 0 saturated carbocycles. The lowest BCUT2D eigenvalue weighted by molar-refractivity contribution is 0.0936. The van der Waals surface area contributed by atoms with Crippen molar-refractivity contribution in [1.29, 1.82) is 0 Å². The van der Waals surface area contributed by atoms with Crippen molar-refractivity contribution in [3.05, 3.63) is 77.2 Å². The summed E-state index contributed by atoms with van der Waals surface area (Å²) in [7, 11) is 1.59. The van der Waals surface area contributed by atoms with Crippen molar-refractivity contribution in [2.75, 3.05) is 62.1 Å². The number of anilines is 4. The van der Waals surface area contributed by atoms with Gasteiger partial charge in [0.1, 0.15) is 11.8 Å². The summed E-state index contributed by atoms with van der Waals surface area (Å²) in [6.07, 6.45) is 3.12. The average Bonchev–Trinajstić information content (AvgIpc) is 3.32. The summed E-state index contributed by atoms with van der Waals surface area (Å²) in [6.45, 7) is 7.63. The van der Waals surface area contributed by atoms with Gasteiger partial charge in [-0.1, -0.05) is 12.1 Å². The first-order valence-electron chi connectivity index (χ1n) is 13.2. The van der Waals surface area contributed by atoms with Crippen molar-refractivity contribution < 1.29 is 19.1 Å². The molecule has 1 fully saturated rings. The van der Waals surface area contributed by atoms with Crippen LogP contribution in [0.5, 0.6) is 0 Å². The zero-order chi connectivity index (χ0) is 28.1. The van der Waals surface area contributed by atoms with Crippen LogP contribution in [-0.4, -0.2) is 73.0 Å². The van der Waals surface area contributed by atoms with E-state index in [-0.39, 0.29) is 11.8 Å². The van der Waals surface area contributed by atoms with E-state index in [0.717, 1.165) is 35.6 Å². The van der Waals surface area contributed by atoms with Gasteiger partial charge in [-0.3, -0.25) is 9.59 Å². The van der Waals surface area contributed by atoms with Crippen LogP contribution < -0.4 is 20.9 Å². The van der Waals surface area contributed by atoms with Crippen molar-refractivity contribution in [3.8, 4) is 0 Å². The van der Waals surface area contributed by atoms with E-state index in [0.29, 0.717) is 54.5 Å². The maximum absolute atomic E-state index is 13.1. The van der Waals surface area contributed by atoms with Gasteiger partial charge in [-0.2, -0.15) is 5.10 Å². The van der Waals surface area contributed by atoms with Crippen LogP contribution in [-0.2, 0) is 9.47 Å². The van der Waals surface area contributed by atoms with Crippen molar-refractivity contribution in [3.63, 3.8) is 0 Å². The smallest absolute Gasteiger partial charge is 0.255 e. The number of methoxy groups -OCH3 is 1. The molecule has 4 aromatic rings. The second-order valence-electron chi connectivity index (χ2n) is 9.58. The van der Waals surface area contributed by atoms with Crippen LogP contribution in [0.2, 0.25) is 0 Å². The molecule has 11 nitrogen and oxygen atoms in total. The van der Waals surface area contributed by atoms with Gasteiger partial charge in [-0.25, -0.2) is 9.50 Å². The molecule has 0 bridgehead atoms. The lowest BCUT2D eigenvalue weighted by Crippen LogP contribution is -2.36. The number of hydrogen-bond donors (Lipinski definition) is 3. The van der Waals surface area contributed by atoms with Gasteiger partial charge in [0.05, 0.1) is 25.4 Å². The molecule has 0 unspecified atom stereocenters. The molecule has 2 aromatic carbocycles. The van der Waals surface area contributed by atoms with E-state index in [1.807, 2.05) is 56.3 Å². The topological polar surface area (TPSA) is 122 Å². The van der Waals surface area contributed by atoms with Gasteiger partial charge in [0.25, 0.3) is 11.8 Å². The molecule has 1 aliphatic rings. The molecule has 1 saturated heterocycles. The van der Waals surface area contributed by atoms with Gasteiger partial charge >= 0.3 is 0 Å². The molecular formula is C29H33N7O4. The fourth-order valence-corrected chi connectivity index (χ4v) is 4.67. The Bertz CT molecular complexity index is 1530. The molecule has 3 heterocycles. The number of aromatic nitrogens is 3. The zero-order valence-corrected chi connectivity index (χ0v) is 22.9. The van der Waals surface area contributed by atoms with Crippen LogP contribution >= 0.6 is 0 Å². The van der Waals surface area contributed by atoms with Crippen LogP contribution in [0.25, 0.3) is 5.52 Å². The number of aryl methyl sites for hydroxylation is 2. The predicted molar refractivity (Wildman–Crippen MR) is 154 cm³/mol. The monoisotopic (exact) mass is 543 g/mol. The van der Waals surface area contributed by atoms with E-state index in [4.69, 9.17) is 9.47 Å². The summed E-state index contributed by atoms with van der Waals surface area (Å²) >= 11 is 0. The van der Waals surface area contributed by atoms with E-state index < -0.39 is 0 Å². The number of nitrogens with zero attached hydrogens (tertiary/aromatic N) is 4. The number of carbonyl (C=O) groups is 2. The number of fused-ring (bicyclic) bond motifs is 1. The van der Waals surface area contributed by atoms with Crippen molar-refractivity contribution in [2.45, 2.75) is 13.8 Å². The first kappa shape index (κ1) is 27.1. The molecule has 40 heavy (non-hydrogen) atoms. The van der Waals surface area contributed by atoms with Crippen LogP contribution in [0.1, 0.15) is 31.8 Å². The van der Waals surface area contributed by atoms with Crippen LogP contribution in [0.4, 0.5) is 22.9 Å². The highest BCUT2D eigenvalue weighted by molar-refractivity contribution is 6.05. The van der Waals surface area contributed by atoms with E-state index in [2.05, 4.69) is 30.9 Å². The summed E-state index contributed by atoms with van der Waals surface area (Å²) in [6, 6.07) is 13.3. The van der Waals surface area contributed by atoms with Gasteiger partial charge in [0.2, 0.25) is 0 Å². The van der Waals surface area contributed by atoms with Gasteiger partial charge < -0.3 is 30.3 Å². The Morgan fingerprint density at radius 3 is 2.70 bits per heavy atom. The Labute approximate surface area is 232 Å². The summed E-state index contributed by atoms with van der Waals surface area (Å²) in [4.78, 5) is 32.5. The SMILES string of the molecule is COCCNC(=O)c1cn2ncnc(Nc3cc(NC(=O)c4cccc(N5CCOCC5)c4)ccc3C)c2c1C. The van der Waals surface area contributed by atoms with E-state index >= 15 is 0 Å². The minimum absolute atomic E-state index is 0.194. The second-order valence-corrected chi connectivity index (χ2v) is 9.58. The number of benzene rings is 2. The molecule has 0 atom stereocenters. The van der Waals surface area contributed by atoms with Gasteiger partial charge in [0, 0.05) is 55.6 Å². The highest BCUT2D eigenvalue weighted by atomic mass is 16.5. The Morgan fingerprint density at radius 1 is 1.07 bits per heavy atom. The van der Waals surface area contributed by atoms with E-state index in [9.17, 15) is 9.59 Å².